The molecule has 0 bridgehead atoms. The fourth-order valence-corrected chi connectivity index (χ4v) is 2.89. The first kappa shape index (κ1) is 18.4. The molecule has 1 aromatic carbocycles. The van der Waals surface area contributed by atoms with E-state index in [4.69, 9.17) is 19.9 Å². The number of carbonyl (C=O) groups excluding carboxylic acids is 1. The van der Waals surface area contributed by atoms with Crippen LogP contribution in [0.1, 0.15) is 19.4 Å². The number of rotatable bonds is 5. The first-order valence-corrected chi connectivity index (χ1v) is 9.04. The molecule has 130 valence electrons. The van der Waals surface area contributed by atoms with Crippen LogP contribution < -0.4 is 16.7 Å². The topological polar surface area (TPSA) is 143 Å². The van der Waals surface area contributed by atoms with Crippen molar-refractivity contribution in [2.24, 2.45) is 11.7 Å². The molecule has 0 saturated carbocycles. The van der Waals surface area contributed by atoms with Crippen molar-refractivity contribution >= 4 is 30.2 Å². The predicted octanol–water partition coefficient (Wildman–Crippen LogP) is 1.39. The standard InChI is InChI=1S/C15H19N2O6P/c1-8(2)14(16)15(19)17-10-3-4-11-9(7-24(20,21)22)5-13(18)23-12(11)6-10/h3-6,8,14H,7,16H2,1-2H3,(H,17,19)(H2,20,21,22)/t14-/m0/s1. The molecular formula is C15H19N2O6P. The number of benzene rings is 1. The van der Waals surface area contributed by atoms with E-state index in [9.17, 15) is 14.2 Å². The largest absolute Gasteiger partial charge is 0.423 e. The monoisotopic (exact) mass is 354 g/mol. The summed E-state index contributed by atoms with van der Waals surface area (Å²) in [6.45, 7) is 3.63. The minimum Gasteiger partial charge on any atom is -0.423 e. The number of anilines is 1. The minimum atomic E-state index is -4.34. The fourth-order valence-electron chi connectivity index (χ4n) is 2.19. The third-order valence-electron chi connectivity index (χ3n) is 3.50. The van der Waals surface area contributed by atoms with Crippen LogP contribution in [0.15, 0.2) is 33.5 Å². The first-order chi connectivity index (χ1) is 11.1. The van der Waals surface area contributed by atoms with Crippen molar-refractivity contribution in [1.29, 1.82) is 0 Å². The summed E-state index contributed by atoms with van der Waals surface area (Å²) < 4.78 is 16.3. The molecular weight excluding hydrogens is 335 g/mol. The molecule has 8 nitrogen and oxygen atoms in total. The molecule has 24 heavy (non-hydrogen) atoms. The molecule has 2 aromatic rings. The lowest BCUT2D eigenvalue weighted by atomic mass is 10.0. The third-order valence-corrected chi connectivity index (χ3v) is 4.25. The Bertz CT molecular complexity index is 870. The van der Waals surface area contributed by atoms with Crippen molar-refractivity contribution < 1.29 is 23.6 Å². The summed E-state index contributed by atoms with van der Waals surface area (Å²) in [5.41, 5.74) is 5.73. The van der Waals surface area contributed by atoms with E-state index in [1.54, 1.807) is 6.07 Å². The molecule has 1 amide bonds. The van der Waals surface area contributed by atoms with Gasteiger partial charge in [-0.1, -0.05) is 13.8 Å². The molecule has 1 aromatic heterocycles. The maximum atomic E-state index is 12.0. The van der Waals surface area contributed by atoms with Gasteiger partial charge in [0.15, 0.2) is 0 Å². The summed E-state index contributed by atoms with van der Waals surface area (Å²) in [5.74, 6) is -0.420. The molecule has 0 fully saturated rings. The summed E-state index contributed by atoms with van der Waals surface area (Å²) >= 11 is 0. The molecule has 1 atom stereocenters. The van der Waals surface area contributed by atoms with Crippen molar-refractivity contribution in [1.82, 2.24) is 0 Å². The van der Waals surface area contributed by atoms with Gasteiger partial charge in [-0.3, -0.25) is 9.36 Å². The first-order valence-electron chi connectivity index (χ1n) is 7.24. The van der Waals surface area contributed by atoms with Crippen molar-refractivity contribution in [2.75, 3.05) is 5.32 Å². The lowest BCUT2D eigenvalue weighted by molar-refractivity contribution is -0.118. The van der Waals surface area contributed by atoms with E-state index in [1.165, 1.54) is 12.1 Å². The minimum absolute atomic E-state index is 0.0433. The highest BCUT2D eigenvalue weighted by Gasteiger charge is 2.19. The highest BCUT2D eigenvalue weighted by atomic mass is 31.2. The van der Waals surface area contributed by atoms with Gasteiger partial charge >= 0.3 is 13.2 Å². The van der Waals surface area contributed by atoms with Gasteiger partial charge in [0, 0.05) is 23.2 Å². The SMILES string of the molecule is CC(C)[C@H](N)C(=O)Nc1ccc2c(CP(=O)(O)O)cc(=O)oc2c1. The van der Waals surface area contributed by atoms with Gasteiger partial charge in [0.1, 0.15) is 5.58 Å². The van der Waals surface area contributed by atoms with Crippen LogP contribution in [0.4, 0.5) is 5.69 Å². The van der Waals surface area contributed by atoms with Crippen LogP contribution >= 0.6 is 7.60 Å². The number of nitrogens with two attached hydrogens (primary N) is 1. The summed E-state index contributed by atoms with van der Waals surface area (Å²) in [6.07, 6.45) is -0.570. The molecule has 0 aliphatic heterocycles. The van der Waals surface area contributed by atoms with Crippen LogP contribution in [0.5, 0.6) is 0 Å². The Balaban J connectivity index is 2.40. The van der Waals surface area contributed by atoms with E-state index >= 15 is 0 Å². The zero-order chi connectivity index (χ0) is 18.1. The molecule has 0 spiro atoms. The number of hydrogen-bond acceptors (Lipinski definition) is 5. The van der Waals surface area contributed by atoms with Crippen molar-refractivity contribution in [3.8, 4) is 0 Å². The van der Waals surface area contributed by atoms with Gasteiger partial charge in [-0.15, -0.1) is 0 Å². The Labute approximate surface area is 137 Å². The Kier molecular flexibility index (Phi) is 5.25. The molecule has 0 aliphatic rings. The zero-order valence-electron chi connectivity index (χ0n) is 13.2. The summed E-state index contributed by atoms with van der Waals surface area (Å²) in [7, 11) is -4.34. The lowest BCUT2D eigenvalue weighted by Gasteiger charge is -2.15. The number of amides is 1. The predicted molar refractivity (Wildman–Crippen MR) is 89.7 cm³/mol. The molecule has 0 aliphatic carbocycles. The second-order valence-corrected chi connectivity index (χ2v) is 7.53. The van der Waals surface area contributed by atoms with Crippen molar-refractivity contribution in [3.05, 3.63) is 40.2 Å². The maximum Gasteiger partial charge on any atom is 0.336 e. The second kappa shape index (κ2) is 6.86. The van der Waals surface area contributed by atoms with E-state index in [0.29, 0.717) is 11.1 Å². The Hall–Kier alpha value is -1.99. The smallest absolute Gasteiger partial charge is 0.336 e. The van der Waals surface area contributed by atoms with E-state index in [1.807, 2.05) is 13.8 Å². The Morgan fingerprint density at radius 1 is 1.33 bits per heavy atom. The number of hydrogen-bond donors (Lipinski definition) is 4. The van der Waals surface area contributed by atoms with Crippen LogP contribution in [0, 0.1) is 5.92 Å². The molecule has 0 saturated heterocycles. The van der Waals surface area contributed by atoms with E-state index in [2.05, 4.69) is 5.32 Å². The van der Waals surface area contributed by atoms with Crippen LogP contribution in [0.25, 0.3) is 11.0 Å². The molecule has 1 heterocycles. The highest BCUT2D eigenvalue weighted by molar-refractivity contribution is 7.50. The summed E-state index contributed by atoms with van der Waals surface area (Å²) in [4.78, 5) is 41.8. The van der Waals surface area contributed by atoms with Gasteiger partial charge in [0.05, 0.1) is 12.2 Å². The second-order valence-electron chi connectivity index (χ2n) is 5.88. The van der Waals surface area contributed by atoms with Gasteiger partial charge in [-0.05, 0) is 23.6 Å². The maximum absolute atomic E-state index is 12.0. The highest BCUT2D eigenvalue weighted by Crippen LogP contribution is 2.40. The lowest BCUT2D eigenvalue weighted by Crippen LogP contribution is -2.39. The molecule has 9 heteroatoms. The molecule has 0 radical (unpaired) electrons. The van der Waals surface area contributed by atoms with Crippen molar-refractivity contribution in [3.63, 3.8) is 0 Å². The van der Waals surface area contributed by atoms with Crippen molar-refractivity contribution in [2.45, 2.75) is 26.1 Å². The number of nitrogens with one attached hydrogen (secondary N) is 1. The Morgan fingerprint density at radius 2 is 2.00 bits per heavy atom. The number of carbonyl (C=O) groups is 1. The fraction of sp³-hybridized carbons (Fsp3) is 0.333. The average Bonchev–Trinajstić information content (AvgIpc) is 2.43. The van der Waals surface area contributed by atoms with Gasteiger partial charge in [0.25, 0.3) is 0 Å². The van der Waals surface area contributed by atoms with Crippen LogP contribution in [-0.4, -0.2) is 21.7 Å². The van der Waals surface area contributed by atoms with E-state index in [0.717, 1.165) is 6.07 Å². The average molecular weight is 354 g/mol. The third kappa shape index (κ3) is 4.52. The molecule has 2 rings (SSSR count). The van der Waals surface area contributed by atoms with Crippen LogP contribution in [0.3, 0.4) is 0 Å². The van der Waals surface area contributed by atoms with Gasteiger partial charge in [-0.2, -0.15) is 0 Å². The molecule has 0 unspecified atom stereocenters. The van der Waals surface area contributed by atoms with Gasteiger partial charge in [0.2, 0.25) is 5.91 Å². The van der Waals surface area contributed by atoms with E-state index in [-0.39, 0.29) is 23.0 Å². The van der Waals surface area contributed by atoms with Gasteiger partial charge in [-0.25, -0.2) is 4.79 Å². The molecule has 5 N–H and O–H groups in total. The zero-order valence-corrected chi connectivity index (χ0v) is 14.1. The number of fused-ring (bicyclic) bond motifs is 1. The Morgan fingerprint density at radius 3 is 2.58 bits per heavy atom. The summed E-state index contributed by atoms with van der Waals surface area (Å²) in [6, 6.07) is 4.86. The van der Waals surface area contributed by atoms with Gasteiger partial charge < -0.3 is 25.3 Å². The quantitative estimate of drug-likeness (QED) is 0.469. The van der Waals surface area contributed by atoms with Crippen LogP contribution in [-0.2, 0) is 15.5 Å². The summed E-state index contributed by atoms with van der Waals surface area (Å²) in [5, 5.41) is 3.02. The van der Waals surface area contributed by atoms with E-state index < -0.39 is 25.4 Å². The van der Waals surface area contributed by atoms with Crippen LogP contribution in [0.2, 0.25) is 0 Å². The normalized spacial score (nSPS) is 13.2.